The largest absolute Gasteiger partial charge is 0.496 e. The molecule has 1 heterocycles. The van der Waals surface area contributed by atoms with Crippen molar-refractivity contribution >= 4 is 0 Å². The number of nitrogens with zero attached hydrogens (tertiary/aromatic N) is 3. The summed E-state index contributed by atoms with van der Waals surface area (Å²) in [7, 11) is 1.62. The molecule has 0 aromatic heterocycles. The zero-order valence-electron chi connectivity index (χ0n) is 14.4. The molecule has 1 saturated heterocycles. The lowest BCUT2D eigenvalue weighted by Crippen LogP contribution is -2.45. The zero-order chi connectivity index (χ0) is 17.6. The number of benzene rings is 2. The number of halogens is 1. The highest BCUT2D eigenvalue weighted by Crippen LogP contribution is 2.22. The molecule has 4 nitrogen and oxygen atoms in total. The Kier molecular flexibility index (Phi) is 5.64. The van der Waals surface area contributed by atoms with E-state index in [0.29, 0.717) is 12.1 Å². The van der Waals surface area contributed by atoms with E-state index in [1.165, 1.54) is 11.6 Å². The van der Waals surface area contributed by atoms with Crippen molar-refractivity contribution in [2.45, 2.75) is 13.1 Å². The van der Waals surface area contributed by atoms with Gasteiger partial charge in [-0.05, 0) is 35.9 Å². The molecule has 0 spiro atoms. The Labute approximate surface area is 148 Å². The van der Waals surface area contributed by atoms with Gasteiger partial charge in [-0.1, -0.05) is 12.1 Å². The number of hydrogen-bond acceptors (Lipinski definition) is 4. The van der Waals surface area contributed by atoms with Gasteiger partial charge in [0.15, 0.2) is 0 Å². The summed E-state index contributed by atoms with van der Waals surface area (Å²) in [6, 6.07) is 14.6. The lowest BCUT2D eigenvalue weighted by atomic mass is 10.1. The van der Waals surface area contributed by atoms with Gasteiger partial charge in [0, 0.05) is 44.8 Å². The van der Waals surface area contributed by atoms with Gasteiger partial charge in [-0.2, -0.15) is 5.26 Å². The molecule has 130 valence electrons. The van der Waals surface area contributed by atoms with E-state index in [2.05, 4.69) is 21.9 Å². The van der Waals surface area contributed by atoms with Gasteiger partial charge in [0.1, 0.15) is 11.6 Å². The number of rotatable bonds is 5. The predicted molar refractivity (Wildman–Crippen MR) is 94.7 cm³/mol. The average molecular weight is 339 g/mol. The first kappa shape index (κ1) is 17.4. The second-order valence-corrected chi connectivity index (χ2v) is 6.32. The maximum Gasteiger partial charge on any atom is 0.123 e. The molecule has 0 bridgehead atoms. The van der Waals surface area contributed by atoms with Gasteiger partial charge >= 0.3 is 0 Å². The van der Waals surface area contributed by atoms with Gasteiger partial charge < -0.3 is 4.74 Å². The molecule has 1 aliphatic heterocycles. The van der Waals surface area contributed by atoms with Crippen LogP contribution < -0.4 is 4.74 Å². The van der Waals surface area contributed by atoms with Crippen LogP contribution in [-0.2, 0) is 13.1 Å². The summed E-state index contributed by atoms with van der Waals surface area (Å²) in [4.78, 5) is 4.70. The standard InChI is InChI=1S/C20H22FN3O/c1-25-20-6-5-19(21)12-18(20)15-24-9-7-23(8-10-24)14-17-4-2-3-16(11-17)13-22/h2-6,11-12H,7-10,14-15H2,1H3. The van der Waals surface area contributed by atoms with Crippen LogP contribution in [-0.4, -0.2) is 43.1 Å². The minimum Gasteiger partial charge on any atom is -0.496 e. The summed E-state index contributed by atoms with van der Waals surface area (Å²) in [5.41, 5.74) is 2.76. The molecule has 0 saturated carbocycles. The van der Waals surface area contributed by atoms with Crippen LogP contribution in [0, 0.1) is 17.1 Å². The Bertz CT molecular complexity index is 764. The van der Waals surface area contributed by atoms with Crippen molar-refractivity contribution in [2.75, 3.05) is 33.3 Å². The van der Waals surface area contributed by atoms with Crippen LogP contribution in [0.15, 0.2) is 42.5 Å². The Morgan fingerprint density at radius 1 is 1.04 bits per heavy atom. The minimum absolute atomic E-state index is 0.230. The van der Waals surface area contributed by atoms with Crippen molar-refractivity contribution in [1.82, 2.24) is 9.80 Å². The third-order valence-electron chi connectivity index (χ3n) is 4.56. The summed E-state index contributed by atoms with van der Waals surface area (Å²) in [6.07, 6.45) is 0. The van der Waals surface area contributed by atoms with E-state index >= 15 is 0 Å². The number of methoxy groups -OCH3 is 1. The highest BCUT2D eigenvalue weighted by molar-refractivity contribution is 5.34. The lowest BCUT2D eigenvalue weighted by molar-refractivity contribution is 0.121. The Hall–Kier alpha value is -2.42. The van der Waals surface area contributed by atoms with Crippen LogP contribution >= 0.6 is 0 Å². The normalized spacial score (nSPS) is 15.7. The molecule has 0 radical (unpaired) electrons. The SMILES string of the molecule is COc1ccc(F)cc1CN1CCN(Cc2cccc(C#N)c2)CC1. The molecule has 25 heavy (non-hydrogen) atoms. The summed E-state index contributed by atoms with van der Waals surface area (Å²) >= 11 is 0. The van der Waals surface area contributed by atoms with E-state index in [1.807, 2.05) is 18.2 Å². The molecule has 0 atom stereocenters. The first-order valence-electron chi connectivity index (χ1n) is 8.44. The van der Waals surface area contributed by atoms with Crippen LogP contribution in [0.1, 0.15) is 16.7 Å². The third-order valence-corrected chi connectivity index (χ3v) is 4.56. The van der Waals surface area contributed by atoms with Crippen LogP contribution in [0.5, 0.6) is 5.75 Å². The quantitative estimate of drug-likeness (QED) is 0.839. The van der Waals surface area contributed by atoms with Crippen LogP contribution in [0.3, 0.4) is 0 Å². The van der Waals surface area contributed by atoms with Crippen LogP contribution in [0.25, 0.3) is 0 Å². The molecule has 3 rings (SSSR count). The van der Waals surface area contributed by atoms with Gasteiger partial charge in [0.2, 0.25) is 0 Å². The number of nitriles is 1. The molecule has 0 N–H and O–H groups in total. The topological polar surface area (TPSA) is 39.5 Å². The highest BCUT2D eigenvalue weighted by atomic mass is 19.1. The molecule has 2 aromatic carbocycles. The first-order chi connectivity index (χ1) is 12.2. The maximum absolute atomic E-state index is 13.5. The lowest BCUT2D eigenvalue weighted by Gasteiger charge is -2.35. The second-order valence-electron chi connectivity index (χ2n) is 6.32. The van der Waals surface area contributed by atoms with Gasteiger partial charge in [-0.3, -0.25) is 9.80 Å². The number of ether oxygens (including phenoxy) is 1. The van der Waals surface area contributed by atoms with E-state index in [-0.39, 0.29) is 5.82 Å². The van der Waals surface area contributed by atoms with Crippen molar-refractivity contribution in [2.24, 2.45) is 0 Å². The predicted octanol–water partition coefficient (Wildman–Crippen LogP) is 3.02. The number of hydrogen-bond donors (Lipinski definition) is 0. The zero-order valence-corrected chi connectivity index (χ0v) is 14.4. The summed E-state index contributed by atoms with van der Waals surface area (Å²) < 4.78 is 18.8. The second kappa shape index (κ2) is 8.11. The summed E-state index contributed by atoms with van der Waals surface area (Å²) in [6.45, 7) is 5.31. The van der Waals surface area contributed by atoms with Crippen LogP contribution in [0.4, 0.5) is 4.39 Å². The van der Waals surface area contributed by atoms with Crippen molar-refractivity contribution < 1.29 is 9.13 Å². The van der Waals surface area contributed by atoms with Gasteiger partial charge in [-0.15, -0.1) is 0 Å². The summed E-state index contributed by atoms with van der Waals surface area (Å²) in [5.74, 6) is 0.504. The maximum atomic E-state index is 13.5. The van der Waals surface area contributed by atoms with Gasteiger partial charge in [0.25, 0.3) is 0 Å². The molecule has 0 amide bonds. The fraction of sp³-hybridized carbons (Fsp3) is 0.350. The summed E-state index contributed by atoms with van der Waals surface area (Å²) in [5, 5.41) is 9.00. The van der Waals surface area contributed by atoms with Crippen molar-refractivity contribution in [3.63, 3.8) is 0 Å². The van der Waals surface area contributed by atoms with Crippen molar-refractivity contribution in [1.29, 1.82) is 5.26 Å². The van der Waals surface area contributed by atoms with Gasteiger partial charge in [0.05, 0.1) is 18.7 Å². The molecular formula is C20H22FN3O. The molecule has 0 unspecified atom stereocenters. The molecule has 5 heteroatoms. The monoisotopic (exact) mass is 339 g/mol. The molecule has 0 aliphatic carbocycles. The fourth-order valence-electron chi connectivity index (χ4n) is 3.21. The molecule has 1 fully saturated rings. The Balaban J connectivity index is 1.55. The van der Waals surface area contributed by atoms with Crippen LogP contribution in [0.2, 0.25) is 0 Å². The van der Waals surface area contributed by atoms with E-state index in [9.17, 15) is 4.39 Å². The number of piperazine rings is 1. The minimum atomic E-state index is -0.230. The van der Waals surface area contributed by atoms with Crippen molar-refractivity contribution in [3.05, 3.63) is 65.0 Å². The first-order valence-corrected chi connectivity index (χ1v) is 8.44. The van der Waals surface area contributed by atoms with E-state index < -0.39 is 0 Å². The van der Waals surface area contributed by atoms with Gasteiger partial charge in [-0.25, -0.2) is 4.39 Å². The van der Waals surface area contributed by atoms with E-state index in [4.69, 9.17) is 10.00 Å². The molecule has 2 aromatic rings. The smallest absolute Gasteiger partial charge is 0.123 e. The van der Waals surface area contributed by atoms with E-state index in [0.717, 1.165) is 44.0 Å². The molecule has 1 aliphatic rings. The fourth-order valence-corrected chi connectivity index (χ4v) is 3.21. The average Bonchev–Trinajstić information content (AvgIpc) is 2.64. The highest BCUT2D eigenvalue weighted by Gasteiger charge is 2.18. The Morgan fingerprint density at radius 2 is 1.76 bits per heavy atom. The third kappa shape index (κ3) is 4.56. The molecular weight excluding hydrogens is 317 g/mol. The van der Waals surface area contributed by atoms with E-state index in [1.54, 1.807) is 19.2 Å². The Morgan fingerprint density at radius 3 is 2.44 bits per heavy atom. The van der Waals surface area contributed by atoms with Crippen molar-refractivity contribution in [3.8, 4) is 11.8 Å².